The van der Waals surface area contributed by atoms with Gasteiger partial charge in [-0.2, -0.15) is 0 Å². The Bertz CT molecular complexity index is 705. The minimum atomic E-state index is -0.420. The van der Waals surface area contributed by atoms with Crippen molar-refractivity contribution in [3.05, 3.63) is 0 Å². The molecule has 220 valence electrons. The first kappa shape index (κ1) is 36.1. The van der Waals surface area contributed by atoms with Crippen molar-refractivity contribution in [2.75, 3.05) is 0 Å². The first-order valence-electron chi connectivity index (χ1n) is 15.5. The molecule has 0 fully saturated rings. The molecular formula is C34H67NO2. The van der Waals surface area contributed by atoms with Gasteiger partial charge in [0, 0.05) is 11.8 Å². The van der Waals surface area contributed by atoms with Gasteiger partial charge in [0.2, 0.25) is 5.91 Å². The Morgan fingerprint density at radius 3 is 1.43 bits per heavy atom. The number of amides is 1. The van der Waals surface area contributed by atoms with Crippen LogP contribution in [0.2, 0.25) is 0 Å². The lowest BCUT2D eigenvalue weighted by molar-refractivity contribution is -0.140. The van der Waals surface area contributed by atoms with Gasteiger partial charge in [-0.05, 0) is 64.1 Å². The number of carbonyl (C=O) groups is 2. The highest BCUT2D eigenvalue weighted by atomic mass is 16.1. The van der Waals surface area contributed by atoms with Gasteiger partial charge in [0.05, 0.1) is 0 Å². The summed E-state index contributed by atoms with van der Waals surface area (Å²) in [5.74, 6) is 0.433. The van der Waals surface area contributed by atoms with E-state index in [1.807, 2.05) is 0 Å². The summed E-state index contributed by atoms with van der Waals surface area (Å²) in [5, 5.41) is 0. The van der Waals surface area contributed by atoms with E-state index >= 15 is 0 Å². The summed E-state index contributed by atoms with van der Waals surface area (Å²) in [5.41, 5.74) is 5.64. The Morgan fingerprint density at radius 1 is 0.730 bits per heavy atom. The number of rotatable bonds is 18. The molecule has 37 heavy (non-hydrogen) atoms. The van der Waals surface area contributed by atoms with Crippen LogP contribution in [0.25, 0.3) is 0 Å². The Kier molecular flexibility index (Phi) is 13.2. The summed E-state index contributed by atoms with van der Waals surface area (Å²) in [4.78, 5) is 26.1. The van der Waals surface area contributed by atoms with E-state index in [1.165, 1.54) is 6.29 Å². The second kappa shape index (κ2) is 13.5. The summed E-state index contributed by atoms with van der Waals surface area (Å²) in [6, 6.07) is 0. The zero-order valence-corrected chi connectivity index (χ0v) is 27.8. The molecule has 3 unspecified atom stereocenters. The van der Waals surface area contributed by atoms with Crippen LogP contribution in [0.4, 0.5) is 0 Å². The molecule has 0 aromatic carbocycles. The molecule has 0 aromatic heterocycles. The highest BCUT2D eigenvalue weighted by Gasteiger charge is 2.54. The molecular weight excluding hydrogens is 454 g/mol. The van der Waals surface area contributed by atoms with Gasteiger partial charge in [-0.15, -0.1) is 0 Å². The topological polar surface area (TPSA) is 60.2 Å². The molecule has 3 heteroatoms. The predicted molar refractivity (Wildman–Crippen MR) is 162 cm³/mol. The number of nitrogens with two attached hydrogens (primary N) is 1. The van der Waals surface area contributed by atoms with Crippen LogP contribution in [0, 0.1) is 56.7 Å². The lowest BCUT2D eigenvalue weighted by Crippen LogP contribution is -2.53. The first-order chi connectivity index (χ1) is 16.8. The molecule has 2 N–H and O–H groups in total. The van der Waals surface area contributed by atoms with E-state index in [0.717, 1.165) is 44.9 Å². The zero-order valence-electron chi connectivity index (χ0n) is 27.8. The van der Waals surface area contributed by atoms with Crippen molar-refractivity contribution in [1.29, 1.82) is 0 Å². The molecule has 0 radical (unpaired) electrons. The van der Waals surface area contributed by atoms with Gasteiger partial charge in [0.15, 0.2) is 0 Å². The molecule has 0 aliphatic rings. The molecule has 0 aliphatic carbocycles. The van der Waals surface area contributed by atoms with Crippen LogP contribution in [-0.4, -0.2) is 12.2 Å². The van der Waals surface area contributed by atoms with Crippen molar-refractivity contribution >= 4 is 12.2 Å². The highest BCUT2D eigenvalue weighted by molar-refractivity contribution is 5.77. The van der Waals surface area contributed by atoms with E-state index in [9.17, 15) is 9.59 Å². The SMILES string of the molecule is CCC(CC)C(C)(C)C(C)(C)C(C=O)C(C)C(C)(C)C(CC(C)(C)C(CC)(CC)C(CC)CC)C(N)=O. The molecule has 1 amide bonds. The Hall–Kier alpha value is -0.860. The van der Waals surface area contributed by atoms with Gasteiger partial charge >= 0.3 is 0 Å². The lowest BCUT2D eigenvalue weighted by atomic mass is 9.48. The molecule has 0 aromatic rings. The predicted octanol–water partition coefficient (Wildman–Crippen LogP) is 9.71. The van der Waals surface area contributed by atoms with E-state index in [1.54, 1.807) is 0 Å². The summed E-state index contributed by atoms with van der Waals surface area (Å²) in [7, 11) is 0. The second-order valence-corrected chi connectivity index (χ2v) is 14.6. The Balaban J connectivity index is 6.65. The van der Waals surface area contributed by atoms with Crippen LogP contribution in [-0.2, 0) is 9.59 Å². The van der Waals surface area contributed by atoms with Gasteiger partial charge in [0.1, 0.15) is 6.29 Å². The molecule has 0 spiro atoms. The molecule has 3 atom stereocenters. The fourth-order valence-corrected chi connectivity index (χ4v) is 8.81. The normalized spacial score (nSPS) is 16.7. The van der Waals surface area contributed by atoms with Gasteiger partial charge in [0.25, 0.3) is 0 Å². The number of aldehydes is 1. The van der Waals surface area contributed by atoms with Gasteiger partial charge in [-0.25, -0.2) is 0 Å². The van der Waals surface area contributed by atoms with E-state index in [0.29, 0.717) is 11.8 Å². The molecule has 0 bridgehead atoms. The van der Waals surface area contributed by atoms with Crippen molar-refractivity contribution < 1.29 is 9.59 Å². The third-order valence-electron chi connectivity index (χ3n) is 12.7. The standard InChI is InChI=1S/C34H67NO2/c1-16-25(17-2)32(12,13)33(14,15)28(23-36)24(7)31(10,11)27(29(35)37)22-30(8,9)34(20-5,21-6)26(18-3)19-4/h23-28H,16-22H2,1-15H3,(H2,35,37). The maximum atomic E-state index is 13.2. The van der Waals surface area contributed by atoms with Crippen LogP contribution < -0.4 is 5.73 Å². The Morgan fingerprint density at radius 2 is 1.14 bits per heavy atom. The van der Waals surface area contributed by atoms with Crippen LogP contribution in [0.1, 0.15) is 149 Å². The average molecular weight is 522 g/mol. The van der Waals surface area contributed by atoms with Crippen molar-refractivity contribution in [3.8, 4) is 0 Å². The van der Waals surface area contributed by atoms with E-state index in [4.69, 9.17) is 5.73 Å². The van der Waals surface area contributed by atoms with Gasteiger partial charge in [-0.3, -0.25) is 4.79 Å². The van der Waals surface area contributed by atoms with Crippen LogP contribution in [0.5, 0.6) is 0 Å². The van der Waals surface area contributed by atoms with E-state index in [-0.39, 0.29) is 45.3 Å². The van der Waals surface area contributed by atoms with Crippen LogP contribution in [0.15, 0.2) is 0 Å². The second-order valence-electron chi connectivity index (χ2n) is 14.6. The summed E-state index contributed by atoms with van der Waals surface area (Å²) in [6.07, 6.45) is 8.62. The third-order valence-corrected chi connectivity index (χ3v) is 12.7. The summed E-state index contributed by atoms with van der Waals surface area (Å²) < 4.78 is 0. The van der Waals surface area contributed by atoms with Crippen molar-refractivity contribution in [1.82, 2.24) is 0 Å². The molecule has 0 aliphatic heterocycles. The summed E-state index contributed by atoms with van der Waals surface area (Å²) in [6.45, 7) is 34.3. The minimum Gasteiger partial charge on any atom is -0.369 e. The quantitative estimate of drug-likeness (QED) is 0.182. The smallest absolute Gasteiger partial charge is 0.221 e. The molecule has 0 heterocycles. The van der Waals surface area contributed by atoms with E-state index < -0.39 is 5.41 Å². The van der Waals surface area contributed by atoms with Crippen molar-refractivity contribution in [2.45, 2.75) is 149 Å². The maximum absolute atomic E-state index is 13.2. The average Bonchev–Trinajstić information content (AvgIpc) is 2.81. The molecule has 0 saturated heterocycles. The lowest BCUT2D eigenvalue weighted by Gasteiger charge is -2.56. The highest BCUT2D eigenvalue weighted by Crippen LogP contribution is 2.59. The third kappa shape index (κ3) is 6.66. The minimum absolute atomic E-state index is 0.00716. The number of carbonyl (C=O) groups excluding carboxylic acids is 2. The largest absolute Gasteiger partial charge is 0.369 e. The van der Waals surface area contributed by atoms with Crippen LogP contribution in [0.3, 0.4) is 0 Å². The van der Waals surface area contributed by atoms with Crippen molar-refractivity contribution in [3.63, 3.8) is 0 Å². The molecule has 3 nitrogen and oxygen atoms in total. The molecule has 0 saturated carbocycles. The Labute approximate surface area is 232 Å². The number of primary amides is 1. The number of hydrogen-bond acceptors (Lipinski definition) is 2. The van der Waals surface area contributed by atoms with Gasteiger partial charge in [-0.1, -0.05) is 130 Å². The fourth-order valence-electron chi connectivity index (χ4n) is 8.81. The van der Waals surface area contributed by atoms with E-state index in [2.05, 4.69) is 104 Å². The van der Waals surface area contributed by atoms with Crippen molar-refractivity contribution in [2.24, 2.45) is 62.4 Å². The number of hydrogen-bond donors (Lipinski definition) is 1. The monoisotopic (exact) mass is 522 g/mol. The summed E-state index contributed by atoms with van der Waals surface area (Å²) >= 11 is 0. The molecule has 0 rings (SSSR count). The maximum Gasteiger partial charge on any atom is 0.221 e. The van der Waals surface area contributed by atoms with Gasteiger partial charge < -0.3 is 10.5 Å². The fraction of sp³-hybridized carbons (Fsp3) is 0.941. The van der Waals surface area contributed by atoms with Crippen LogP contribution >= 0.6 is 0 Å². The zero-order chi connectivity index (χ0) is 29.6. The first-order valence-corrected chi connectivity index (χ1v) is 15.5.